The first-order valence-electron chi connectivity index (χ1n) is 6.08. The van der Waals surface area contributed by atoms with Gasteiger partial charge < -0.3 is 10.1 Å². The van der Waals surface area contributed by atoms with Crippen LogP contribution in [0.1, 0.15) is 34.1 Å². The van der Waals surface area contributed by atoms with Gasteiger partial charge in [-0.15, -0.1) is 0 Å². The van der Waals surface area contributed by atoms with Crippen molar-refractivity contribution in [3.05, 3.63) is 23.2 Å². The molecule has 0 atom stereocenters. The average Bonchev–Trinajstić information content (AvgIpc) is 2.24. The molecular formula is C14H22ClNO. The van der Waals surface area contributed by atoms with E-state index in [9.17, 15) is 0 Å². The van der Waals surface area contributed by atoms with Crippen molar-refractivity contribution in [2.45, 2.75) is 34.1 Å². The zero-order valence-corrected chi connectivity index (χ0v) is 11.9. The Morgan fingerprint density at radius 1 is 1.29 bits per heavy atom. The molecule has 1 aromatic rings. The number of benzene rings is 1. The molecule has 0 saturated heterocycles. The summed E-state index contributed by atoms with van der Waals surface area (Å²) in [5, 5.41) is 4.03. The molecule has 0 fully saturated rings. The minimum atomic E-state index is 0.254. The van der Waals surface area contributed by atoms with Gasteiger partial charge in [0.15, 0.2) is 0 Å². The summed E-state index contributed by atoms with van der Waals surface area (Å²) in [5.41, 5.74) is 1.29. The van der Waals surface area contributed by atoms with Gasteiger partial charge in [0.05, 0.1) is 11.6 Å². The van der Waals surface area contributed by atoms with Gasteiger partial charge >= 0.3 is 0 Å². The summed E-state index contributed by atoms with van der Waals surface area (Å²) in [6.07, 6.45) is 0.986. The maximum Gasteiger partial charge on any atom is 0.138 e. The molecule has 0 heterocycles. The Bertz CT molecular complexity index is 358. The molecule has 2 nitrogen and oxygen atoms in total. The molecule has 0 bridgehead atoms. The second-order valence-corrected chi connectivity index (χ2v) is 5.82. The van der Waals surface area contributed by atoms with Gasteiger partial charge in [-0.25, -0.2) is 0 Å². The Morgan fingerprint density at radius 3 is 2.53 bits per heavy atom. The second-order valence-electron chi connectivity index (χ2n) is 5.41. The lowest BCUT2D eigenvalue weighted by atomic mass is 9.97. The van der Waals surface area contributed by atoms with Gasteiger partial charge in [-0.3, -0.25) is 0 Å². The van der Waals surface area contributed by atoms with Crippen molar-refractivity contribution >= 4 is 17.3 Å². The van der Waals surface area contributed by atoms with E-state index in [0.29, 0.717) is 11.6 Å². The zero-order chi connectivity index (χ0) is 12.9. The maximum atomic E-state index is 6.15. The largest absolute Gasteiger partial charge is 0.492 e. The summed E-state index contributed by atoms with van der Waals surface area (Å²) in [6.45, 7) is 10.3. The minimum absolute atomic E-state index is 0.254. The van der Waals surface area contributed by atoms with Crippen LogP contribution in [0.3, 0.4) is 0 Å². The molecule has 0 aliphatic heterocycles. The quantitative estimate of drug-likeness (QED) is 0.831. The molecule has 1 aromatic carbocycles. The molecule has 0 aliphatic carbocycles. The first-order valence-corrected chi connectivity index (χ1v) is 6.46. The Kier molecular flexibility index (Phi) is 5.13. The number of anilines is 1. The molecule has 0 aliphatic rings. The lowest BCUT2D eigenvalue weighted by Gasteiger charge is -2.20. The second kappa shape index (κ2) is 6.15. The van der Waals surface area contributed by atoms with Crippen molar-refractivity contribution in [1.82, 2.24) is 0 Å². The fraction of sp³-hybridized carbons (Fsp3) is 0.571. The molecule has 0 radical (unpaired) electrons. The average molecular weight is 256 g/mol. The van der Waals surface area contributed by atoms with Crippen molar-refractivity contribution < 1.29 is 4.74 Å². The van der Waals surface area contributed by atoms with Crippen LogP contribution in [0.4, 0.5) is 5.69 Å². The molecule has 1 rings (SSSR count). The number of nitrogens with one attached hydrogen (secondary N) is 1. The van der Waals surface area contributed by atoms with Gasteiger partial charge in [-0.2, -0.15) is 0 Å². The highest BCUT2D eigenvalue weighted by atomic mass is 35.5. The molecule has 0 amide bonds. The summed E-state index contributed by atoms with van der Waals surface area (Å²) < 4.78 is 5.53. The first-order chi connectivity index (χ1) is 7.92. The van der Waals surface area contributed by atoms with Crippen LogP contribution >= 0.6 is 11.6 Å². The highest BCUT2D eigenvalue weighted by Crippen LogP contribution is 2.28. The van der Waals surface area contributed by atoms with E-state index in [1.165, 1.54) is 0 Å². The Hall–Kier alpha value is -0.890. The number of rotatable bonds is 5. The Balaban J connectivity index is 2.62. The molecular weight excluding hydrogens is 234 g/mol. The van der Waals surface area contributed by atoms with Crippen LogP contribution < -0.4 is 10.1 Å². The van der Waals surface area contributed by atoms with Crippen LogP contribution in [-0.4, -0.2) is 13.2 Å². The van der Waals surface area contributed by atoms with Crippen molar-refractivity contribution in [1.29, 1.82) is 0 Å². The molecule has 0 spiro atoms. The summed E-state index contributed by atoms with van der Waals surface area (Å²) in [6, 6.07) is 5.84. The van der Waals surface area contributed by atoms with E-state index in [2.05, 4.69) is 33.0 Å². The van der Waals surface area contributed by atoms with Crippen molar-refractivity contribution in [2.75, 3.05) is 18.5 Å². The lowest BCUT2D eigenvalue weighted by Crippen LogP contribution is -2.18. The van der Waals surface area contributed by atoms with Gasteiger partial charge in [-0.05, 0) is 30.0 Å². The fourth-order valence-electron chi connectivity index (χ4n) is 1.31. The topological polar surface area (TPSA) is 21.3 Å². The molecule has 0 unspecified atom stereocenters. The zero-order valence-electron chi connectivity index (χ0n) is 11.1. The first kappa shape index (κ1) is 14.2. The van der Waals surface area contributed by atoms with Crippen LogP contribution in [0.2, 0.25) is 5.02 Å². The van der Waals surface area contributed by atoms with E-state index in [4.69, 9.17) is 16.3 Å². The van der Waals surface area contributed by atoms with E-state index in [1.54, 1.807) is 0 Å². The Morgan fingerprint density at radius 2 is 2.00 bits per heavy atom. The van der Waals surface area contributed by atoms with Crippen LogP contribution in [-0.2, 0) is 0 Å². The van der Waals surface area contributed by atoms with Crippen LogP contribution in [0, 0.1) is 5.41 Å². The van der Waals surface area contributed by atoms with E-state index in [1.807, 2.05) is 18.2 Å². The SMILES string of the molecule is CCCOc1ccc(NCC(C)(C)C)cc1Cl. The predicted octanol–water partition coefficient (Wildman–Crippen LogP) is 4.59. The maximum absolute atomic E-state index is 6.15. The fourth-order valence-corrected chi connectivity index (χ4v) is 1.54. The molecule has 3 heteroatoms. The predicted molar refractivity (Wildman–Crippen MR) is 75.2 cm³/mol. The van der Waals surface area contributed by atoms with E-state index < -0.39 is 0 Å². The summed E-state index contributed by atoms with van der Waals surface area (Å²) in [4.78, 5) is 0. The number of ether oxygens (including phenoxy) is 1. The van der Waals surface area contributed by atoms with Crippen molar-refractivity contribution in [3.8, 4) is 5.75 Å². The van der Waals surface area contributed by atoms with Gasteiger partial charge in [0, 0.05) is 12.2 Å². The summed E-state index contributed by atoms with van der Waals surface area (Å²) in [5.74, 6) is 0.759. The van der Waals surface area contributed by atoms with Gasteiger partial charge in [-0.1, -0.05) is 39.3 Å². The normalized spacial score (nSPS) is 11.4. The van der Waals surface area contributed by atoms with Crippen LogP contribution in [0.5, 0.6) is 5.75 Å². The monoisotopic (exact) mass is 255 g/mol. The van der Waals surface area contributed by atoms with Crippen LogP contribution in [0.25, 0.3) is 0 Å². The van der Waals surface area contributed by atoms with E-state index in [0.717, 1.165) is 24.4 Å². The van der Waals surface area contributed by atoms with Gasteiger partial charge in [0.25, 0.3) is 0 Å². The lowest BCUT2D eigenvalue weighted by molar-refractivity contribution is 0.317. The smallest absolute Gasteiger partial charge is 0.138 e. The summed E-state index contributed by atoms with van der Waals surface area (Å²) >= 11 is 6.15. The number of hydrogen-bond acceptors (Lipinski definition) is 2. The third-order valence-electron chi connectivity index (χ3n) is 2.22. The van der Waals surface area contributed by atoms with E-state index in [-0.39, 0.29) is 5.41 Å². The Labute approximate surface area is 109 Å². The molecule has 0 aromatic heterocycles. The molecule has 1 N–H and O–H groups in total. The van der Waals surface area contributed by atoms with Gasteiger partial charge in [0.2, 0.25) is 0 Å². The highest BCUT2D eigenvalue weighted by molar-refractivity contribution is 6.32. The minimum Gasteiger partial charge on any atom is -0.492 e. The molecule has 17 heavy (non-hydrogen) atoms. The standard InChI is InChI=1S/C14H22ClNO/c1-5-8-17-13-7-6-11(9-12(13)15)16-10-14(2,3)4/h6-7,9,16H,5,8,10H2,1-4H3. The highest BCUT2D eigenvalue weighted by Gasteiger charge is 2.10. The third kappa shape index (κ3) is 5.31. The number of halogens is 1. The molecule has 0 saturated carbocycles. The van der Waals surface area contributed by atoms with Crippen molar-refractivity contribution in [2.24, 2.45) is 5.41 Å². The van der Waals surface area contributed by atoms with E-state index >= 15 is 0 Å². The van der Waals surface area contributed by atoms with Crippen LogP contribution in [0.15, 0.2) is 18.2 Å². The van der Waals surface area contributed by atoms with Crippen molar-refractivity contribution in [3.63, 3.8) is 0 Å². The number of hydrogen-bond donors (Lipinski definition) is 1. The molecule has 96 valence electrons. The van der Waals surface area contributed by atoms with Gasteiger partial charge in [0.1, 0.15) is 5.75 Å². The summed E-state index contributed by atoms with van der Waals surface area (Å²) in [7, 11) is 0. The third-order valence-corrected chi connectivity index (χ3v) is 2.51.